The molecule has 0 unspecified atom stereocenters. The molecule has 1 amide bonds. The molecule has 2 N–H and O–H groups in total. The lowest BCUT2D eigenvalue weighted by Crippen LogP contribution is -2.41. The van der Waals surface area contributed by atoms with E-state index in [1.54, 1.807) is 37.3 Å². The highest BCUT2D eigenvalue weighted by atomic mass is 16.6. The number of aliphatic hydroxyl groups is 1. The Kier molecular flexibility index (Phi) is 6.98. The first-order valence-corrected chi connectivity index (χ1v) is 7.98. The lowest BCUT2D eigenvalue weighted by molar-refractivity contribution is -0.154. The van der Waals surface area contributed by atoms with E-state index < -0.39 is 24.2 Å². The van der Waals surface area contributed by atoms with Crippen LogP contribution < -0.4 is 5.32 Å². The van der Waals surface area contributed by atoms with E-state index in [9.17, 15) is 14.7 Å². The molecule has 0 bridgehead atoms. The summed E-state index contributed by atoms with van der Waals surface area (Å²) in [6.45, 7) is 1.86. The van der Waals surface area contributed by atoms with Gasteiger partial charge in [-0.3, -0.25) is 0 Å². The van der Waals surface area contributed by atoms with Crippen molar-refractivity contribution < 1.29 is 24.2 Å². The Morgan fingerprint density at radius 1 is 1.00 bits per heavy atom. The number of ether oxygens (including phenoxy) is 2. The number of nitrogens with one attached hydrogen (secondary N) is 1. The van der Waals surface area contributed by atoms with Crippen LogP contribution in [0.1, 0.15) is 24.1 Å². The van der Waals surface area contributed by atoms with E-state index in [0.717, 1.165) is 5.56 Å². The molecule has 0 aliphatic carbocycles. The van der Waals surface area contributed by atoms with Gasteiger partial charge in [0.2, 0.25) is 0 Å². The van der Waals surface area contributed by atoms with E-state index in [4.69, 9.17) is 9.47 Å². The van der Waals surface area contributed by atoms with Gasteiger partial charge in [-0.25, -0.2) is 9.59 Å². The highest BCUT2D eigenvalue weighted by Gasteiger charge is 2.30. The fraction of sp³-hybridized carbons (Fsp3) is 0.263. The number of esters is 1. The molecular weight excluding hydrogens is 322 g/mol. The summed E-state index contributed by atoms with van der Waals surface area (Å²) in [6, 6.07) is 16.9. The standard InChI is InChI=1S/C19H21NO5/c1-2-24-18(22)17(21)16(15-11-7-4-8-12-15)20-19(23)25-13-14-9-5-3-6-10-14/h3-12,16-17,21H,2,13H2,1H3,(H,20,23)/t16-,17-/m1/s1. The van der Waals surface area contributed by atoms with Crippen molar-refractivity contribution in [2.75, 3.05) is 6.61 Å². The van der Waals surface area contributed by atoms with Crippen LogP contribution in [-0.4, -0.2) is 29.9 Å². The molecule has 0 heterocycles. The van der Waals surface area contributed by atoms with Crippen LogP contribution in [0.25, 0.3) is 0 Å². The number of rotatable bonds is 7. The van der Waals surface area contributed by atoms with Crippen molar-refractivity contribution in [3.05, 3.63) is 71.8 Å². The Hall–Kier alpha value is -2.86. The van der Waals surface area contributed by atoms with Gasteiger partial charge in [0.1, 0.15) is 6.61 Å². The van der Waals surface area contributed by atoms with Crippen molar-refractivity contribution in [1.82, 2.24) is 5.32 Å². The van der Waals surface area contributed by atoms with Crippen LogP contribution in [0.15, 0.2) is 60.7 Å². The molecule has 6 nitrogen and oxygen atoms in total. The van der Waals surface area contributed by atoms with Gasteiger partial charge in [0.25, 0.3) is 0 Å². The summed E-state index contributed by atoms with van der Waals surface area (Å²) in [4.78, 5) is 23.9. The topological polar surface area (TPSA) is 84.9 Å². The maximum atomic E-state index is 12.1. The van der Waals surface area contributed by atoms with Gasteiger partial charge in [-0.15, -0.1) is 0 Å². The summed E-state index contributed by atoms with van der Waals surface area (Å²) >= 11 is 0. The van der Waals surface area contributed by atoms with Gasteiger partial charge in [0.15, 0.2) is 6.10 Å². The Labute approximate surface area is 146 Å². The van der Waals surface area contributed by atoms with Gasteiger partial charge in [-0.05, 0) is 18.1 Å². The molecule has 0 radical (unpaired) electrons. The predicted octanol–water partition coefficient (Wildman–Crippen LogP) is 2.58. The summed E-state index contributed by atoms with van der Waals surface area (Å²) in [5.41, 5.74) is 1.40. The minimum Gasteiger partial charge on any atom is -0.464 e. The Morgan fingerprint density at radius 2 is 1.60 bits per heavy atom. The zero-order chi connectivity index (χ0) is 18.1. The van der Waals surface area contributed by atoms with Crippen molar-refractivity contribution in [3.8, 4) is 0 Å². The van der Waals surface area contributed by atoms with Gasteiger partial charge in [0, 0.05) is 0 Å². The van der Waals surface area contributed by atoms with E-state index in [2.05, 4.69) is 5.32 Å². The fourth-order valence-electron chi connectivity index (χ4n) is 2.26. The van der Waals surface area contributed by atoms with E-state index in [0.29, 0.717) is 5.56 Å². The average Bonchev–Trinajstić information content (AvgIpc) is 2.65. The van der Waals surface area contributed by atoms with Gasteiger partial charge >= 0.3 is 12.1 Å². The van der Waals surface area contributed by atoms with E-state index in [1.807, 2.05) is 30.3 Å². The first-order valence-electron chi connectivity index (χ1n) is 7.98. The van der Waals surface area contributed by atoms with Crippen molar-refractivity contribution in [1.29, 1.82) is 0 Å². The van der Waals surface area contributed by atoms with E-state index in [-0.39, 0.29) is 13.2 Å². The molecule has 0 saturated heterocycles. The second-order valence-electron chi connectivity index (χ2n) is 5.29. The number of alkyl carbamates (subject to hydrolysis) is 1. The highest BCUT2D eigenvalue weighted by Crippen LogP contribution is 2.18. The molecular formula is C19H21NO5. The second kappa shape index (κ2) is 9.44. The van der Waals surface area contributed by atoms with Crippen LogP contribution in [-0.2, 0) is 20.9 Å². The number of amides is 1. The maximum Gasteiger partial charge on any atom is 0.408 e. The number of carbonyl (C=O) groups is 2. The van der Waals surface area contributed by atoms with Gasteiger partial charge in [-0.2, -0.15) is 0 Å². The van der Waals surface area contributed by atoms with Crippen LogP contribution in [0, 0.1) is 0 Å². The largest absolute Gasteiger partial charge is 0.464 e. The second-order valence-corrected chi connectivity index (χ2v) is 5.29. The molecule has 0 spiro atoms. The minimum absolute atomic E-state index is 0.0870. The number of hydrogen-bond acceptors (Lipinski definition) is 5. The normalized spacial score (nSPS) is 12.7. The minimum atomic E-state index is -1.54. The summed E-state index contributed by atoms with van der Waals surface area (Å²) in [6.07, 6.45) is -2.27. The highest BCUT2D eigenvalue weighted by molar-refractivity contribution is 5.77. The van der Waals surface area contributed by atoms with E-state index >= 15 is 0 Å². The third kappa shape index (κ3) is 5.61. The molecule has 6 heteroatoms. The van der Waals surface area contributed by atoms with Gasteiger partial charge < -0.3 is 19.9 Å². The first kappa shape index (κ1) is 18.5. The maximum absolute atomic E-state index is 12.1. The lowest BCUT2D eigenvalue weighted by atomic mass is 10.0. The Bertz CT molecular complexity index is 675. The fourth-order valence-corrected chi connectivity index (χ4v) is 2.26. The van der Waals surface area contributed by atoms with Crippen LogP contribution in [0.5, 0.6) is 0 Å². The van der Waals surface area contributed by atoms with Crippen LogP contribution in [0.3, 0.4) is 0 Å². The van der Waals surface area contributed by atoms with Gasteiger partial charge in [0.05, 0.1) is 12.6 Å². The van der Waals surface area contributed by atoms with E-state index in [1.165, 1.54) is 0 Å². The number of hydrogen-bond donors (Lipinski definition) is 2. The molecule has 0 aromatic heterocycles. The SMILES string of the molecule is CCOC(=O)[C@H](O)[C@H](NC(=O)OCc1ccccc1)c1ccccc1. The molecule has 0 saturated carbocycles. The third-order valence-corrected chi connectivity index (χ3v) is 3.49. The van der Waals surface area contributed by atoms with Crippen molar-refractivity contribution in [2.24, 2.45) is 0 Å². The molecule has 2 rings (SSSR count). The molecule has 0 aliphatic heterocycles. The predicted molar refractivity (Wildman–Crippen MR) is 91.6 cm³/mol. The lowest BCUT2D eigenvalue weighted by Gasteiger charge is -2.23. The number of benzene rings is 2. The molecule has 0 fully saturated rings. The van der Waals surface area contributed by atoms with Crippen molar-refractivity contribution in [2.45, 2.75) is 25.7 Å². The van der Waals surface area contributed by atoms with Crippen molar-refractivity contribution >= 4 is 12.1 Å². The molecule has 2 aromatic carbocycles. The van der Waals surface area contributed by atoms with Crippen LogP contribution >= 0.6 is 0 Å². The Balaban J connectivity index is 2.05. The zero-order valence-corrected chi connectivity index (χ0v) is 13.9. The Morgan fingerprint density at radius 3 is 2.20 bits per heavy atom. The molecule has 0 aliphatic rings. The molecule has 25 heavy (non-hydrogen) atoms. The smallest absolute Gasteiger partial charge is 0.408 e. The van der Waals surface area contributed by atoms with Crippen LogP contribution in [0.2, 0.25) is 0 Å². The number of carbonyl (C=O) groups excluding carboxylic acids is 2. The quantitative estimate of drug-likeness (QED) is 0.755. The first-order chi connectivity index (χ1) is 12.1. The monoisotopic (exact) mass is 343 g/mol. The van der Waals surface area contributed by atoms with Crippen LogP contribution in [0.4, 0.5) is 4.79 Å². The summed E-state index contributed by atoms with van der Waals surface area (Å²) in [5.74, 6) is -0.806. The molecule has 2 aromatic rings. The average molecular weight is 343 g/mol. The molecule has 132 valence electrons. The molecule has 2 atom stereocenters. The van der Waals surface area contributed by atoms with Crippen molar-refractivity contribution in [3.63, 3.8) is 0 Å². The summed E-state index contributed by atoms with van der Waals surface area (Å²) < 4.78 is 9.99. The number of aliphatic hydroxyl groups excluding tert-OH is 1. The zero-order valence-electron chi connectivity index (χ0n) is 13.9. The summed E-state index contributed by atoms with van der Waals surface area (Å²) in [7, 11) is 0. The summed E-state index contributed by atoms with van der Waals surface area (Å²) in [5, 5.41) is 12.8. The van der Waals surface area contributed by atoms with Gasteiger partial charge in [-0.1, -0.05) is 60.7 Å². The third-order valence-electron chi connectivity index (χ3n) is 3.49.